The summed E-state index contributed by atoms with van der Waals surface area (Å²) in [5, 5.41) is 4.41. The largest absolute Gasteiger partial charge is 0.369 e. The van der Waals surface area contributed by atoms with Gasteiger partial charge in [0.25, 0.3) is 0 Å². The first-order valence-corrected chi connectivity index (χ1v) is 6.80. The van der Waals surface area contributed by atoms with E-state index in [2.05, 4.69) is 77.9 Å². The summed E-state index contributed by atoms with van der Waals surface area (Å²) in [4.78, 5) is 3.85. The van der Waals surface area contributed by atoms with Gasteiger partial charge in [0, 0.05) is 18.2 Å². The predicted octanol–water partition coefficient (Wildman–Crippen LogP) is 3.01. The summed E-state index contributed by atoms with van der Waals surface area (Å²) in [5.41, 5.74) is 13.7. The van der Waals surface area contributed by atoms with Gasteiger partial charge in [-0.1, -0.05) is 59.7 Å². The number of rotatable bonds is 3. The molecule has 0 spiro atoms. The van der Waals surface area contributed by atoms with Crippen LogP contribution in [-0.2, 0) is 0 Å². The predicted molar refractivity (Wildman–Crippen MR) is 95.9 cm³/mol. The second-order valence-corrected chi connectivity index (χ2v) is 4.91. The quantitative estimate of drug-likeness (QED) is 0.519. The molecule has 22 heavy (non-hydrogen) atoms. The molecule has 0 radical (unpaired) electrons. The van der Waals surface area contributed by atoms with Gasteiger partial charge in [0.15, 0.2) is 0 Å². The average molecular weight is 317 g/mol. The zero-order chi connectivity index (χ0) is 15.2. The lowest BCUT2D eigenvalue weighted by atomic mass is 10.0. The Kier molecular flexibility index (Phi) is 6.60. The van der Waals surface area contributed by atoms with Crippen LogP contribution >= 0.6 is 12.4 Å². The number of hydrogen-bond acceptors (Lipinski definition) is 2. The van der Waals surface area contributed by atoms with Gasteiger partial charge < -0.3 is 5.73 Å². The van der Waals surface area contributed by atoms with E-state index in [4.69, 9.17) is 5.73 Å². The van der Waals surface area contributed by atoms with Crippen molar-refractivity contribution in [2.45, 2.75) is 13.8 Å². The zero-order valence-electron chi connectivity index (χ0n) is 13.0. The molecule has 0 saturated carbocycles. The maximum absolute atomic E-state index is 5.66. The number of halogens is 1. The number of hydrazone groups is 1. The van der Waals surface area contributed by atoms with Crippen LogP contribution in [0.4, 0.5) is 0 Å². The Bertz CT molecular complexity index is 611. The first kappa shape index (κ1) is 17.7. The van der Waals surface area contributed by atoms with Gasteiger partial charge in [0.2, 0.25) is 5.96 Å². The van der Waals surface area contributed by atoms with Crippen molar-refractivity contribution in [1.29, 1.82) is 0 Å². The highest BCUT2D eigenvalue weighted by Crippen LogP contribution is 2.13. The lowest BCUT2D eigenvalue weighted by Crippen LogP contribution is -2.28. The van der Waals surface area contributed by atoms with E-state index in [9.17, 15) is 0 Å². The average Bonchev–Trinajstić information content (AvgIpc) is 2.50. The third-order valence-electron chi connectivity index (χ3n) is 3.17. The minimum absolute atomic E-state index is 0. The van der Waals surface area contributed by atoms with Crippen LogP contribution in [0.15, 0.2) is 58.6 Å². The summed E-state index contributed by atoms with van der Waals surface area (Å²) < 4.78 is 0. The molecule has 5 heteroatoms. The molecule has 0 bridgehead atoms. The number of guanidine groups is 1. The van der Waals surface area contributed by atoms with Gasteiger partial charge in [-0.3, -0.25) is 4.99 Å². The summed E-state index contributed by atoms with van der Waals surface area (Å²) in [5.74, 6) is 0.284. The summed E-state index contributed by atoms with van der Waals surface area (Å²) >= 11 is 0. The van der Waals surface area contributed by atoms with E-state index in [1.807, 2.05) is 0 Å². The minimum atomic E-state index is 0. The van der Waals surface area contributed by atoms with Gasteiger partial charge in [-0.15, -0.1) is 12.4 Å². The molecular weight excluding hydrogens is 296 g/mol. The van der Waals surface area contributed by atoms with E-state index in [-0.39, 0.29) is 18.4 Å². The number of benzene rings is 2. The Hall–Kier alpha value is -2.33. The number of aryl methyl sites for hydroxylation is 2. The van der Waals surface area contributed by atoms with E-state index in [0.29, 0.717) is 0 Å². The third-order valence-corrected chi connectivity index (χ3v) is 3.17. The van der Waals surface area contributed by atoms with Crippen LogP contribution in [-0.4, -0.2) is 18.7 Å². The standard InChI is InChI=1S/C17H20N4.ClH/c1-12-4-8-14(9-5-12)16(20-21-17(18)19-3)15-10-6-13(2)7-11-15;/h4-11H,1-3H3,(H3,18,19,21);1H. The fourth-order valence-corrected chi connectivity index (χ4v) is 1.88. The number of nitrogens with two attached hydrogens (primary N) is 1. The third kappa shape index (κ3) is 4.60. The van der Waals surface area contributed by atoms with Crippen molar-refractivity contribution < 1.29 is 0 Å². The Balaban J connectivity index is 0.00000242. The summed E-state index contributed by atoms with van der Waals surface area (Å²) in [6.45, 7) is 4.12. The molecule has 0 aliphatic carbocycles. The molecular formula is C17H21ClN4. The van der Waals surface area contributed by atoms with Crippen molar-refractivity contribution in [3.63, 3.8) is 0 Å². The van der Waals surface area contributed by atoms with Crippen molar-refractivity contribution in [2.24, 2.45) is 15.8 Å². The molecule has 0 saturated heterocycles. The van der Waals surface area contributed by atoms with Gasteiger partial charge in [-0.05, 0) is 13.8 Å². The number of hydrogen-bond donors (Lipinski definition) is 2. The van der Waals surface area contributed by atoms with Crippen LogP contribution in [0.5, 0.6) is 0 Å². The topological polar surface area (TPSA) is 62.8 Å². The molecule has 0 unspecified atom stereocenters. The molecule has 2 rings (SSSR count). The van der Waals surface area contributed by atoms with Gasteiger partial charge in [0.1, 0.15) is 0 Å². The second-order valence-electron chi connectivity index (χ2n) is 4.91. The molecule has 0 aliphatic rings. The van der Waals surface area contributed by atoms with Crippen LogP contribution in [0, 0.1) is 13.8 Å². The van der Waals surface area contributed by atoms with Crippen LogP contribution in [0.3, 0.4) is 0 Å². The second kappa shape index (κ2) is 8.20. The van der Waals surface area contributed by atoms with Crippen LogP contribution in [0.25, 0.3) is 0 Å². The molecule has 0 aromatic heterocycles. The van der Waals surface area contributed by atoms with E-state index in [1.54, 1.807) is 7.05 Å². The van der Waals surface area contributed by atoms with Crippen molar-refractivity contribution in [3.8, 4) is 0 Å². The smallest absolute Gasteiger partial charge is 0.209 e. The Morgan fingerprint density at radius 1 is 0.864 bits per heavy atom. The van der Waals surface area contributed by atoms with Crippen LogP contribution in [0.1, 0.15) is 22.3 Å². The number of aliphatic imine (C=N–C) groups is 1. The van der Waals surface area contributed by atoms with Crippen molar-refractivity contribution in [3.05, 3.63) is 70.8 Å². The highest BCUT2D eigenvalue weighted by Gasteiger charge is 2.07. The molecule has 0 heterocycles. The number of nitrogens with one attached hydrogen (secondary N) is 1. The van der Waals surface area contributed by atoms with Gasteiger partial charge in [-0.25, -0.2) is 5.43 Å². The Morgan fingerprint density at radius 2 is 1.27 bits per heavy atom. The Labute approximate surface area is 137 Å². The van der Waals surface area contributed by atoms with Gasteiger partial charge >= 0.3 is 0 Å². The van der Waals surface area contributed by atoms with Gasteiger partial charge in [0.05, 0.1) is 5.71 Å². The summed E-state index contributed by atoms with van der Waals surface area (Å²) in [6.07, 6.45) is 0. The molecule has 0 fully saturated rings. The zero-order valence-corrected chi connectivity index (χ0v) is 13.8. The first-order chi connectivity index (χ1) is 10.1. The van der Waals surface area contributed by atoms with Gasteiger partial charge in [-0.2, -0.15) is 5.10 Å². The molecule has 116 valence electrons. The van der Waals surface area contributed by atoms with Crippen molar-refractivity contribution in [2.75, 3.05) is 7.05 Å². The molecule has 3 N–H and O–H groups in total. The molecule has 2 aromatic carbocycles. The fraction of sp³-hybridized carbons (Fsp3) is 0.176. The van der Waals surface area contributed by atoms with E-state index in [0.717, 1.165) is 16.8 Å². The molecule has 4 nitrogen and oxygen atoms in total. The highest BCUT2D eigenvalue weighted by atomic mass is 35.5. The monoisotopic (exact) mass is 316 g/mol. The molecule has 0 amide bonds. The molecule has 0 atom stereocenters. The normalized spacial score (nSPS) is 10.6. The molecule has 0 aliphatic heterocycles. The van der Waals surface area contributed by atoms with Crippen LogP contribution in [0.2, 0.25) is 0 Å². The lowest BCUT2D eigenvalue weighted by molar-refractivity contribution is 0.999. The SMILES string of the molecule is CN=C(N)NN=C(c1ccc(C)cc1)c1ccc(C)cc1.Cl. The number of nitrogens with zero attached hydrogens (tertiary/aromatic N) is 2. The lowest BCUT2D eigenvalue weighted by Gasteiger charge is -2.09. The van der Waals surface area contributed by atoms with Crippen molar-refractivity contribution >= 4 is 24.1 Å². The van der Waals surface area contributed by atoms with Crippen molar-refractivity contribution in [1.82, 2.24) is 5.43 Å². The summed E-state index contributed by atoms with van der Waals surface area (Å²) in [6, 6.07) is 16.5. The summed E-state index contributed by atoms with van der Waals surface area (Å²) in [7, 11) is 1.62. The maximum atomic E-state index is 5.66. The molecule has 2 aromatic rings. The van der Waals surface area contributed by atoms with E-state index >= 15 is 0 Å². The minimum Gasteiger partial charge on any atom is -0.369 e. The van der Waals surface area contributed by atoms with E-state index in [1.165, 1.54) is 11.1 Å². The fourth-order valence-electron chi connectivity index (χ4n) is 1.88. The maximum Gasteiger partial charge on any atom is 0.209 e. The highest BCUT2D eigenvalue weighted by molar-refractivity contribution is 6.13. The Morgan fingerprint density at radius 3 is 1.64 bits per heavy atom. The van der Waals surface area contributed by atoms with E-state index < -0.39 is 0 Å². The first-order valence-electron chi connectivity index (χ1n) is 6.80. The van der Waals surface area contributed by atoms with Crippen LogP contribution < -0.4 is 11.2 Å².